The first-order valence-corrected chi connectivity index (χ1v) is 6.42. The molecular weight excluding hydrogens is 196 g/mol. The summed E-state index contributed by atoms with van der Waals surface area (Å²) in [5.41, 5.74) is 4.44. The van der Waals surface area contributed by atoms with Crippen molar-refractivity contribution in [3.63, 3.8) is 0 Å². The molecule has 1 aromatic rings. The lowest BCUT2D eigenvalue weighted by Crippen LogP contribution is -2.40. The molecule has 0 amide bonds. The van der Waals surface area contributed by atoms with Gasteiger partial charge in [0, 0.05) is 29.8 Å². The summed E-state index contributed by atoms with van der Waals surface area (Å²) in [4.78, 5) is 0. The van der Waals surface area contributed by atoms with E-state index in [-0.39, 0.29) is 0 Å². The molecule has 1 aliphatic rings. The predicted molar refractivity (Wildman–Crippen MR) is 67.8 cm³/mol. The molecule has 2 nitrogen and oxygen atoms in total. The summed E-state index contributed by atoms with van der Waals surface area (Å²) in [5, 5.41) is 3.56. The van der Waals surface area contributed by atoms with Gasteiger partial charge in [-0.05, 0) is 40.5 Å². The average Bonchev–Trinajstić information content (AvgIpc) is 2.65. The molecule has 0 bridgehead atoms. The summed E-state index contributed by atoms with van der Waals surface area (Å²) < 4.78 is 2.42. The number of hydrogen-bond acceptors (Lipinski definition) is 1. The molecule has 1 N–H and O–H groups in total. The molecule has 0 radical (unpaired) electrons. The minimum atomic E-state index is 0.514. The van der Waals surface area contributed by atoms with Crippen LogP contribution in [0.1, 0.15) is 51.4 Å². The van der Waals surface area contributed by atoms with E-state index in [0.29, 0.717) is 12.1 Å². The number of nitrogens with one attached hydrogen (secondary N) is 1. The minimum absolute atomic E-state index is 0.514. The van der Waals surface area contributed by atoms with Crippen molar-refractivity contribution in [2.45, 2.75) is 59.0 Å². The first-order valence-electron chi connectivity index (χ1n) is 6.42. The average molecular weight is 219 g/mol. The lowest BCUT2D eigenvalue weighted by molar-refractivity contribution is -0.722. The van der Waals surface area contributed by atoms with Gasteiger partial charge in [0.05, 0.1) is 0 Å². The molecule has 0 unspecified atom stereocenters. The van der Waals surface area contributed by atoms with E-state index in [1.807, 2.05) is 0 Å². The fourth-order valence-corrected chi connectivity index (χ4v) is 2.58. The molecule has 2 rings (SSSR count). The zero-order valence-corrected chi connectivity index (χ0v) is 10.9. The Morgan fingerprint density at radius 1 is 1.19 bits per heavy atom. The van der Waals surface area contributed by atoms with E-state index in [4.69, 9.17) is 0 Å². The molecular formula is C14H23N2+. The molecule has 1 aromatic heterocycles. The van der Waals surface area contributed by atoms with Gasteiger partial charge in [0.2, 0.25) is 0 Å². The van der Waals surface area contributed by atoms with Crippen LogP contribution in [-0.2, 0) is 12.8 Å². The monoisotopic (exact) mass is 219 g/mol. The van der Waals surface area contributed by atoms with Gasteiger partial charge >= 0.3 is 0 Å². The normalized spacial score (nSPS) is 14.6. The molecule has 0 spiro atoms. The van der Waals surface area contributed by atoms with Gasteiger partial charge in [-0.25, -0.2) is 0 Å². The Hall–Kier alpha value is -1.05. The molecule has 1 heterocycles. The molecule has 0 fully saturated rings. The smallest absolute Gasteiger partial charge is 0.186 e. The van der Waals surface area contributed by atoms with E-state index < -0.39 is 0 Å². The van der Waals surface area contributed by atoms with Crippen LogP contribution in [0.15, 0.2) is 12.3 Å². The van der Waals surface area contributed by atoms with E-state index >= 15 is 0 Å². The highest BCUT2D eigenvalue weighted by Crippen LogP contribution is 2.27. The van der Waals surface area contributed by atoms with Gasteiger partial charge < -0.3 is 5.32 Å². The summed E-state index contributed by atoms with van der Waals surface area (Å²) in [5.74, 6) is 0. The minimum Gasteiger partial charge on any atom is -0.382 e. The van der Waals surface area contributed by atoms with Crippen LogP contribution in [0.4, 0.5) is 5.69 Å². The quantitative estimate of drug-likeness (QED) is 0.773. The topological polar surface area (TPSA) is 15.9 Å². The third kappa shape index (κ3) is 2.06. The highest BCUT2D eigenvalue weighted by atomic mass is 15.0. The van der Waals surface area contributed by atoms with Gasteiger partial charge in [-0.15, -0.1) is 0 Å². The summed E-state index contributed by atoms with van der Waals surface area (Å²) in [7, 11) is 0. The van der Waals surface area contributed by atoms with E-state index in [1.54, 1.807) is 11.3 Å². The maximum atomic E-state index is 3.56. The van der Waals surface area contributed by atoms with E-state index in [2.05, 4.69) is 49.8 Å². The van der Waals surface area contributed by atoms with Gasteiger partial charge in [0.1, 0.15) is 0 Å². The van der Waals surface area contributed by atoms with Crippen molar-refractivity contribution in [1.82, 2.24) is 0 Å². The molecule has 88 valence electrons. The first-order chi connectivity index (χ1) is 7.59. The van der Waals surface area contributed by atoms with Gasteiger partial charge in [0.15, 0.2) is 17.9 Å². The third-order valence-corrected chi connectivity index (χ3v) is 3.23. The van der Waals surface area contributed by atoms with Crippen LogP contribution in [0.25, 0.3) is 0 Å². The SMILES string of the molecule is CC(C)Nc1cc[n+](C(C)C)c2c1CCC2. The fourth-order valence-electron chi connectivity index (χ4n) is 2.58. The van der Waals surface area contributed by atoms with Crippen LogP contribution in [0.3, 0.4) is 0 Å². The van der Waals surface area contributed by atoms with Crippen molar-refractivity contribution in [3.05, 3.63) is 23.5 Å². The third-order valence-electron chi connectivity index (χ3n) is 3.23. The number of anilines is 1. The fraction of sp³-hybridized carbons (Fsp3) is 0.643. The van der Waals surface area contributed by atoms with Crippen LogP contribution in [0, 0.1) is 0 Å². The molecule has 0 atom stereocenters. The number of fused-ring (bicyclic) bond motifs is 1. The zero-order chi connectivity index (χ0) is 11.7. The first kappa shape index (κ1) is 11.4. The number of rotatable bonds is 3. The number of hydrogen-bond donors (Lipinski definition) is 1. The maximum absolute atomic E-state index is 3.56. The maximum Gasteiger partial charge on any atom is 0.186 e. The van der Waals surface area contributed by atoms with Crippen LogP contribution in [0.5, 0.6) is 0 Å². The summed E-state index contributed by atoms with van der Waals surface area (Å²) in [6.45, 7) is 8.91. The largest absolute Gasteiger partial charge is 0.382 e. The Kier molecular flexibility index (Phi) is 3.17. The van der Waals surface area contributed by atoms with Crippen molar-refractivity contribution < 1.29 is 4.57 Å². The Morgan fingerprint density at radius 3 is 2.56 bits per heavy atom. The lowest BCUT2D eigenvalue weighted by Gasteiger charge is -2.14. The number of aromatic nitrogens is 1. The van der Waals surface area contributed by atoms with Gasteiger partial charge in [0.25, 0.3) is 0 Å². The molecule has 0 saturated heterocycles. The van der Waals surface area contributed by atoms with Crippen LogP contribution in [-0.4, -0.2) is 6.04 Å². The van der Waals surface area contributed by atoms with E-state index in [0.717, 1.165) is 0 Å². The Labute approximate surface area is 98.7 Å². The van der Waals surface area contributed by atoms with E-state index in [1.165, 1.54) is 24.9 Å². The molecule has 2 heteroatoms. The number of nitrogens with zero attached hydrogens (tertiary/aromatic N) is 1. The second-order valence-corrected chi connectivity index (χ2v) is 5.31. The number of pyridine rings is 1. The van der Waals surface area contributed by atoms with Gasteiger partial charge in [-0.2, -0.15) is 4.57 Å². The Morgan fingerprint density at radius 2 is 1.94 bits per heavy atom. The van der Waals surface area contributed by atoms with Crippen molar-refractivity contribution in [2.75, 3.05) is 5.32 Å². The van der Waals surface area contributed by atoms with E-state index in [9.17, 15) is 0 Å². The highest BCUT2D eigenvalue weighted by Gasteiger charge is 2.26. The predicted octanol–water partition coefficient (Wildman–Crippen LogP) is 2.86. The summed E-state index contributed by atoms with van der Waals surface area (Å²) >= 11 is 0. The summed E-state index contributed by atoms with van der Waals surface area (Å²) in [6.07, 6.45) is 6.01. The van der Waals surface area contributed by atoms with Crippen molar-refractivity contribution >= 4 is 5.69 Å². The summed E-state index contributed by atoms with van der Waals surface area (Å²) in [6, 6.07) is 3.32. The van der Waals surface area contributed by atoms with Crippen molar-refractivity contribution in [3.8, 4) is 0 Å². The zero-order valence-electron chi connectivity index (χ0n) is 10.9. The second-order valence-electron chi connectivity index (χ2n) is 5.31. The second kappa shape index (κ2) is 4.44. The highest BCUT2D eigenvalue weighted by molar-refractivity contribution is 5.53. The molecule has 16 heavy (non-hydrogen) atoms. The van der Waals surface area contributed by atoms with Crippen molar-refractivity contribution in [1.29, 1.82) is 0 Å². The van der Waals surface area contributed by atoms with Crippen LogP contribution < -0.4 is 9.88 Å². The Bertz CT molecular complexity index is 381. The van der Waals surface area contributed by atoms with Gasteiger partial charge in [-0.1, -0.05) is 0 Å². The molecule has 0 aromatic carbocycles. The van der Waals surface area contributed by atoms with Gasteiger partial charge in [-0.3, -0.25) is 0 Å². The molecule has 0 aliphatic heterocycles. The van der Waals surface area contributed by atoms with Crippen molar-refractivity contribution in [2.24, 2.45) is 0 Å². The standard InChI is InChI=1S/C14H22N2/c1-10(2)15-13-8-9-16(11(3)4)14-7-5-6-12(13)14/h8-11H,5-7H2,1-4H3/p+1. The molecule has 1 aliphatic carbocycles. The lowest BCUT2D eigenvalue weighted by atomic mass is 10.1. The van der Waals surface area contributed by atoms with Crippen LogP contribution in [0.2, 0.25) is 0 Å². The molecule has 0 saturated carbocycles. The Balaban J connectivity index is 2.41. The van der Waals surface area contributed by atoms with Crippen LogP contribution >= 0.6 is 0 Å².